The van der Waals surface area contributed by atoms with Crippen LogP contribution in [-0.2, 0) is 32.8 Å². The number of carbonyl (C=O) groups is 1. The van der Waals surface area contributed by atoms with Gasteiger partial charge in [-0.1, -0.05) is 24.3 Å². The molecule has 0 aromatic heterocycles. The Labute approximate surface area is 174 Å². The van der Waals surface area contributed by atoms with Crippen LogP contribution in [0, 0.1) is 5.92 Å². The van der Waals surface area contributed by atoms with E-state index < -0.39 is 10.2 Å². The lowest BCUT2D eigenvalue weighted by Gasteiger charge is -2.32. The van der Waals surface area contributed by atoms with Gasteiger partial charge < -0.3 is 10.1 Å². The summed E-state index contributed by atoms with van der Waals surface area (Å²) in [6.45, 7) is 5.34. The van der Waals surface area contributed by atoms with Crippen molar-refractivity contribution in [2.24, 2.45) is 5.92 Å². The van der Waals surface area contributed by atoms with Gasteiger partial charge in [0.05, 0.1) is 19.1 Å². The van der Waals surface area contributed by atoms with Crippen LogP contribution in [0.3, 0.4) is 0 Å². The van der Waals surface area contributed by atoms with Gasteiger partial charge in [-0.05, 0) is 24.0 Å². The standard InChI is InChI=1S/C20H32N4O4S/c1-22(2)29(26,27)24-9-5-8-19(16-24)20(25)21-14-17-6-3-4-7-18(17)15-23-10-12-28-13-11-23/h3-4,6-7,19H,5,8-16H2,1-2H3,(H,21,25)/t19-/m1/s1. The van der Waals surface area contributed by atoms with Crippen molar-refractivity contribution in [2.75, 3.05) is 53.5 Å². The van der Waals surface area contributed by atoms with Crippen molar-refractivity contribution >= 4 is 16.1 Å². The van der Waals surface area contributed by atoms with E-state index in [1.807, 2.05) is 18.2 Å². The van der Waals surface area contributed by atoms with Crippen LogP contribution in [0.25, 0.3) is 0 Å². The maximum absolute atomic E-state index is 12.7. The van der Waals surface area contributed by atoms with E-state index in [0.29, 0.717) is 25.9 Å². The maximum Gasteiger partial charge on any atom is 0.281 e. The summed E-state index contributed by atoms with van der Waals surface area (Å²) in [5, 5.41) is 3.03. The van der Waals surface area contributed by atoms with Crippen LogP contribution in [0.2, 0.25) is 0 Å². The summed E-state index contributed by atoms with van der Waals surface area (Å²) in [5.41, 5.74) is 2.30. The summed E-state index contributed by atoms with van der Waals surface area (Å²) >= 11 is 0. The minimum atomic E-state index is -3.49. The first-order valence-electron chi connectivity index (χ1n) is 10.2. The molecule has 2 aliphatic heterocycles. The third-order valence-electron chi connectivity index (χ3n) is 5.61. The van der Waals surface area contributed by atoms with Crippen molar-refractivity contribution in [3.8, 4) is 0 Å². The summed E-state index contributed by atoms with van der Waals surface area (Å²) in [4.78, 5) is 15.1. The summed E-state index contributed by atoms with van der Waals surface area (Å²) in [5.74, 6) is -0.394. The number of amides is 1. The number of hydrogen-bond donors (Lipinski definition) is 1. The fourth-order valence-electron chi connectivity index (χ4n) is 3.81. The van der Waals surface area contributed by atoms with E-state index in [4.69, 9.17) is 4.74 Å². The molecular formula is C20H32N4O4S. The first kappa shape index (κ1) is 22.2. The Kier molecular flexibility index (Phi) is 7.64. The third kappa shape index (κ3) is 5.76. The molecule has 0 bridgehead atoms. The molecule has 9 heteroatoms. The Morgan fingerprint density at radius 3 is 2.55 bits per heavy atom. The SMILES string of the molecule is CN(C)S(=O)(=O)N1CCC[C@@H](C(=O)NCc2ccccc2CN2CCOCC2)C1. The number of morpholine rings is 1. The topological polar surface area (TPSA) is 82.2 Å². The van der Waals surface area contributed by atoms with Crippen molar-refractivity contribution in [3.05, 3.63) is 35.4 Å². The Balaban J connectivity index is 1.58. The first-order valence-corrected chi connectivity index (χ1v) is 11.6. The van der Waals surface area contributed by atoms with Crippen molar-refractivity contribution < 1.29 is 17.9 Å². The summed E-state index contributed by atoms with van der Waals surface area (Å²) in [6, 6.07) is 8.14. The Morgan fingerprint density at radius 1 is 1.17 bits per heavy atom. The highest BCUT2D eigenvalue weighted by atomic mass is 32.2. The monoisotopic (exact) mass is 424 g/mol. The van der Waals surface area contributed by atoms with E-state index >= 15 is 0 Å². The van der Waals surface area contributed by atoms with Gasteiger partial charge in [-0.3, -0.25) is 9.69 Å². The molecule has 8 nitrogen and oxygen atoms in total. The highest BCUT2D eigenvalue weighted by molar-refractivity contribution is 7.86. The smallest absolute Gasteiger partial charge is 0.281 e. The van der Waals surface area contributed by atoms with Gasteiger partial charge in [0.1, 0.15) is 0 Å². The number of carbonyl (C=O) groups excluding carboxylic acids is 1. The predicted octanol–water partition coefficient (Wildman–Crippen LogP) is 0.653. The Hall–Kier alpha value is -1.52. The second kappa shape index (κ2) is 9.99. The Morgan fingerprint density at radius 2 is 1.86 bits per heavy atom. The predicted molar refractivity (Wildman–Crippen MR) is 111 cm³/mol. The fraction of sp³-hybridized carbons (Fsp3) is 0.650. The highest BCUT2D eigenvalue weighted by Crippen LogP contribution is 2.21. The molecule has 0 unspecified atom stereocenters. The number of benzene rings is 1. The third-order valence-corrected chi connectivity index (χ3v) is 7.52. The van der Waals surface area contributed by atoms with E-state index in [-0.39, 0.29) is 18.4 Å². The van der Waals surface area contributed by atoms with Gasteiger partial charge in [-0.25, -0.2) is 0 Å². The fourth-order valence-corrected chi connectivity index (χ4v) is 5.00. The van der Waals surface area contributed by atoms with Crippen LogP contribution in [0.5, 0.6) is 0 Å². The van der Waals surface area contributed by atoms with Crippen LogP contribution >= 0.6 is 0 Å². The molecule has 2 heterocycles. The molecule has 0 saturated carbocycles. The van der Waals surface area contributed by atoms with Crippen LogP contribution in [0.4, 0.5) is 0 Å². The molecular weight excluding hydrogens is 392 g/mol. The minimum absolute atomic E-state index is 0.0789. The van der Waals surface area contributed by atoms with E-state index in [9.17, 15) is 13.2 Å². The molecule has 0 spiro atoms. The molecule has 29 heavy (non-hydrogen) atoms. The van der Waals surface area contributed by atoms with Crippen molar-refractivity contribution in [2.45, 2.75) is 25.9 Å². The van der Waals surface area contributed by atoms with E-state index in [1.165, 1.54) is 28.3 Å². The minimum Gasteiger partial charge on any atom is -0.379 e. The zero-order chi connectivity index (χ0) is 20.9. The zero-order valence-corrected chi connectivity index (χ0v) is 18.2. The van der Waals surface area contributed by atoms with Crippen molar-refractivity contribution in [1.82, 2.24) is 18.8 Å². The average molecular weight is 425 g/mol. The van der Waals surface area contributed by atoms with Gasteiger partial charge in [0.2, 0.25) is 5.91 Å². The summed E-state index contributed by atoms with van der Waals surface area (Å²) in [7, 11) is -0.449. The zero-order valence-electron chi connectivity index (χ0n) is 17.3. The lowest BCUT2D eigenvalue weighted by molar-refractivity contribution is -0.126. The lowest BCUT2D eigenvalue weighted by atomic mass is 9.98. The molecule has 1 N–H and O–H groups in total. The van der Waals surface area contributed by atoms with Crippen LogP contribution < -0.4 is 5.32 Å². The number of nitrogens with zero attached hydrogens (tertiary/aromatic N) is 3. The van der Waals surface area contributed by atoms with E-state index in [0.717, 1.165) is 38.4 Å². The number of ether oxygens (including phenoxy) is 1. The highest BCUT2D eigenvalue weighted by Gasteiger charge is 2.33. The molecule has 0 aliphatic carbocycles. The van der Waals surface area contributed by atoms with E-state index in [2.05, 4.69) is 16.3 Å². The molecule has 0 radical (unpaired) electrons. The van der Waals surface area contributed by atoms with Crippen molar-refractivity contribution in [1.29, 1.82) is 0 Å². The van der Waals surface area contributed by atoms with Gasteiger partial charge in [-0.2, -0.15) is 17.0 Å². The van der Waals surface area contributed by atoms with Gasteiger partial charge >= 0.3 is 0 Å². The largest absolute Gasteiger partial charge is 0.379 e. The van der Waals surface area contributed by atoms with Gasteiger partial charge in [0.25, 0.3) is 10.2 Å². The molecule has 2 saturated heterocycles. The summed E-state index contributed by atoms with van der Waals surface area (Å²) in [6.07, 6.45) is 1.40. The van der Waals surface area contributed by atoms with Crippen LogP contribution in [0.15, 0.2) is 24.3 Å². The second-order valence-corrected chi connectivity index (χ2v) is 10.0. The Bertz CT molecular complexity index is 793. The molecule has 1 aromatic rings. The van der Waals surface area contributed by atoms with E-state index in [1.54, 1.807) is 0 Å². The van der Waals surface area contributed by atoms with Crippen LogP contribution in [-0.4, -0.2) is 81.3 Å². The molecule has 1 atom stereocenters. The molecule has 3 rings (SSSR count). The molecule has 1 aromatic carbocycles. The number of nitrogens with one attached hydrogen (secondary N) is 1. The molecule has 162 valence electrons. The van der Waals surface area contributed by atoms with Gasteiger partial charge in [0.15, 0.2) is 0 Å². The average Bonchev–Trinajstić information content (AvgIpc) is 2.73. The second-order valence-electron chi connectivity index (χ2n) is 7.86. The van der Waals surface area contributed by atoms with Gasteiger partial charge in [-0.15, -0.1) is 0 Å². The molecule has 2 aliphatic rings. The van der Waals surface area contributed by atoms with Crippen molar-refractivity contribution in [3.63, 3.8) is 0 Å². The number of rotatable bonds is 7. The van der Waals surface area contributed by atoms with Crippen LogP contribution in [0.1, 0.15) is 24.0 Å². The normalized spacial score (nSPS) is 22.0. The summed E-state index contributed by atoms with van der Waals surface area (Å²) < 4.78 is 32.8. The quantitative estimate of drug-likeness (QED) is 0.695. The molecule has 1 amide bonds. The number of hydrogen-bond acceptors (Lipinski definition) is 5. The maximum atomic E-state index is 12.7. The van der Waals surface area contributed by atoms with Gasteiger partial charge in [0, 0.05) is 53.4 Å². The molecule has 2 fully saturated rings. The lowest BCUT2D eigenvalue weighted by Crippen LogP contribution is -2.48. The number of piperidine rings is 1. The first-order chi connectivity index (χ1) is 13.9.